The number of anilines is 2. The highest BCUT2D eigenvalue weighted by atomic mass is 32.2. The average Bonchev–Trinajstić information content (AvgIpc) is 3.46. The van der Waals surface area contributed by atoms with E-state index in [1.807, 2.05) is 17.0 Å². The number of carbonyl (C=O) groups excluding carboxylic acids is 1. The molecule has 1 N–H and O–H groups in total. The molecule has 1 aromatic rings. The number of benzene rings is 1. The first-order valence-electron chi connectivity index (χ1n) is 9.50. The summed E-state index contributed by atoms with van der Waals surface area (Å²) in [4.78, 5) is 14.4. The maximum absolute atomic E-state index is 12.6. The predicted octanol–water partition coefficient (Wildman–Crippen LogP) is 3.45. The highest BCUT2D eigenvalue weighted by Gasteiger charge is 2.35. The average molecular weight is 362 g/mol. The van der Waals surface area contributed by atoms with Crippen LogP contribution in [0.1, 0.15) is 56.9 Å². The summed E-state index contributed by atoms with van der Waals surface area (Å²) in [5.41, 5.74) is 2.66. The van der Waals surface area contributed by atoms with Gasteiger partial charge in [-0.3, -0.25) is 9.52 Å². The second kappa shape index (κ2) is 6.63. The van der Waals surface area contributed by atoms with Gasteiger partial charge in [-0.1, -0.05) is 19.3 Å². The molecule has 2 aliphatic carbocycles. The predicted molar refractivity (Wildman–Crippen MR) is 99.3 cm³/mol. The summed E-state index contributed by atoms with van der Waals surface area (Å²) in [6.07, 6.45) is 8.46. The zero-order valence-electron chi connectivity index (χ0n) is 14.5. The second-order valence-electron chi connectivity index (χ2n) is 7.62. The van der Waals surface area contributed by atoms with E-state index in [1.165, 1.54) is 0 Å². The number of hydrogen-bond acceptors (Lipinski definition) is 3. The van der Waals surface area contributed by atoms with Gasteiger partial charge < -0.3 is 4.90 Å². The Bertz CT molecular complexity index is 765. The molecule has 1 aromatic carbocycles. The molecule has 0 unspecified atom stereocenters. The monoisotopic (exact) mass is 362 g/mol. The van der Waals surface area contributed by atoms with Crippen molar-refractivity contribution in [1.29, 1.82) is 0 Å². The van der Waals surface area contributed by atoms with Crippen molar-refractivity contribution in [2.24, 2.45) is 5.92 Å². The SMILES string of the molecule is O=C(C1CC1)N1CCCc2cc(NS(=O)(=O)C3CCCCC3)ccc21. The van der Waals surface area contributed by atoms with Crippen molar-refractivity contribution >= 4 is 27.3 Å². The van der Waals surface area contributed by atoms with Crippen LogP contribution in [-0.4, -0.2) is 26.1 Å². The quantitative estimate of drug-likeness (QED) is 0.892. The van der Waals surface area contributed by atoms with Gasteiger partial charge in [0, 0.05) is 23.8 Å². The van der Waals surface area contributed by atoms with Crippen LogP contribution in [0.15, 0.2) is 18.2 Å². The van der Waals surface area contributed by atoms with Crippen molar-refractivity contribution in [1.82, 2.24) is 0 Å². The van der Waals surface area contributed by atoms with E-state index >= 15 is 0 Å². The molecule has 1 amide bonds. The summed E-state index contributed by atoms with van der Waals surface area (Å²) < 4.78 is 28.0. The highest BCUT2D eigenvalue weighted by molar-refractivity contribution is 7.93. The van der Waals surface area contributed by atoms with Gasteiger partial charge in [-0.05, 0) is 62.3 Å². The van der Waals surface area contributed by atoms with E-state index in [0.717, 1.165) is 75.6 Å². The second-order valence-corrected chi connectivity index (χ2v) is 9.58. The van der Waals surface area contributed by atoms with Crippen molar-refractivity contribution in [3.8, 4) is 0 Å². The third kappa shape index (κ3) is 3.54. The molecule has 6 heteroatoms. The number of carbonyl (C=O) groups is 1. The lowest BCUT2D eigenvalue weighted by atomic mass is 10.0. The van der Waals surface area contributed by atoms with Crippen LogP contribution >= 0.6 is 0 Å². The molecule has 1 heterocycles. The topological polar surface area (TPSA) is 66.5 Å². The molecule has 136 valence electrons. The van der Waals surface area contributed by atoms with Gasteiger partial charge in [-0.15, -0.1) is 0 Å². The van der Waals surface area contributed by atoms with Crippen LogP contribution in [0.5, 0.6) is 0 Å². The first kappa shape index (κ1) is 16.9. The third-order valence-electron chi connectivity index (χ3n) is 5.64. The molecular weight excluding hydrogens is 336 g/mol. The van der Waals surface area contributed by atoms with E-state index < -0.39 is 10.0 Å². The largest absolute Gasteiger partial charge is 0.312 e. The van der Waals surface area contributed by atoms with Gasteiger partial charge in [0.2, 0.25) is 15.9 Å². The van der Waals surface area contributed by atoms with Crippen LogP contribution in [0.25, 0.3) is 0 Å². The zero-order chi connectivity index (χ0) is 17.4. The van der Waals surface area contributed by atoms with Crippen LogP contribution in [0.2, 0.25) is 0 Å². The van der Waals surface area contributed by atoms with Gasteiger partial charge in [0.1, 0.15) is 0 Å². The number of nitrogens with one attached hydrogen (secondary N) is 1. The minimum Gasteiger partial charge on any atom is -0.312 e. The Morgan fingerprint density at radius 3 is 2.52 bits per heavy atom. The Morgan fingerprint density at radius 1 is 1.04 bits per heavy atom. The summed E-state index contributed by atoms with van der Waals surface area (Å²) in [7, 11) is -3.33. The molecule has 0 atom stereocenters. The van der Waals surface area contributed by atoms with E-state index in [2.05, 4.69) is 4.72 Å². The first-order valence-corrected chi connectivity index (χ1v) is 11.1. The van der Waals surface area contributed by atoms with E-state index in [1.54, 1.807) is 6.07 Å². The van der Waals surface area contributed by atoms with Gasteiger partial charge in [0.15, 0.2) is 0 Å². The van der Waals surface area contributed by atoms with E-state index in [0.29, 0.717) is 5.69 Å². The first-order chi connectivity index (χ1) is 12.0. The zero-order valence-corrected chi connectivity index (χ0v) is 15.4. The minimum absolute atomic E-state index is 0.204. The Kier molecular flexibility index (Phi) is 4.48. The van der Waals surface area contributed by atoms with E-state index in [4.69, 9.17) is 0 Å². The molecule has 1 aliphatic heterocycles. The Morgan fingerprint density at radius 2 is 1.80 bits per heavy atom. The molecule has 0 aromatic heterocycles. The van der Waals surface area contributed by atoms with Crippen LogP contribution in [0.3, 0.4) is 0 Å². The van der Waals surface area contributed by atoms with Gasteiger partial charge in [-0.25, -0.2) is 8.42 Å². The Labute approximate surface area is 149 Å². The van der Waals surface area contributed by atoms with Crippen molar-refractivity contribution in [2.75, 3.05) is 16.2 Å². The number of rotatable bonds is 4. The van der Waals surface area contributed by atoms with Crippen LogP contribution in [-0.2, 0) is 21.2 Å². The molecule has 4 rings (SSSR count). The Hall–Kier alpha value is -1.56. The minimum atomic E-state index is -3.33. The number of nitrogens with zero attached hydrogens (tertiary/aromatic N) is 1. The Balaban J connectivity index is 1.53. The van der Waals surface area contributed by atoms with Crippen LogP contribution < -0.4 is 9.62 Å². The number of hydrogen-bond donors (Lipinski definition) is 1. The fourth-order valence-electron chi connectivity index (χ4n) is 4.06. The normalized spacial score (nSPS) is 21.7. The lowest BCUT2D eigenvalue weighted by Gasteiger charge is -2.30. The van der Waals surface area contributed by atoms with E-state index in [-0.39, 0.29) is 17.1 Å². The molecule has 0 bridgehead atoms. The van der Waals surface area contributed by atoms with Crippen molar-refractivity contribution in [2.45, 2.75) is 63.0 Å². The summed E-state index contributed by atoms with van der Waals surface area (Å²) >= 11 is 0. The number of fused-ring (bicyclic) bond motifs is 1. The van der Waals surface area contributed by atoms with Crippen molar-refractivity contribution < 1.29 is 13.2 Å². The standard InChI is InChI=1S/C19H26N2O3S/c22-19(14-8-9-14)21-12-4-5-15-13-16(10-11-18(15)21)20-25(23,24)17-6-2-1-3-7-17/h10-11,13-14,17,20H,1-9,12H2. The maximum atomic E-state index is 12.6. The lowest BCUT2D eigenvalue weighted by Crippen LogP contribution is -2.36. The van der Waals surface area contributed by atoms with Gasteiger partial charge in [-0.2, -0.15) is 0 Å². The third-order valence-corrected chi connectivity index (χ3v) is 7.51. The van der Waals surface area contributed by atoms with Gasteiger partial charge in [0.05, 0.1) is 5.25 Å². The summed E-state index contributed by atoms with van der Waals surface area (Å²) in [6, 6.07) is 5.63. The van der Waals surface area contributed by atoms with Gasteiger partial charge >= 0.3 is 0 Å². The molecule has 5 nitrogen and oxygen atoms in total. The molecule has 0 radical (unpaired) electrons. The maximum Gasteiger partial charge on any atom is 0.235 e. The van der Waals surface area contributed by atoms with Crippen molar-refractivity contribution in [3.63, 3.8) is 0 Å². The number of sulfonamides is 1. The lowest BCUT2D eigenvalue weighted by molar-refractivity contribution is -0.119. The number of aryl methyl sites for hydroxylation is 1. The van der Waals surface area contributed by atoms with Gasteiger partial charge in [0.25, 0.3) is 0 Å². The fraction of sp³-hybridized carbons (Fsp3) is 0.632. The van der Waals surface area contributed by atoms with Crippen LogP contribution in [0, 0.1) is 5.92 Å². The highest BCUT2D eigenvalue weighted by Crippen LogP contribution is 2.37. The molecule has 3 aliphatic rings. The van der Waals surface area contributed by atoms with Crippen molar-refractivity contribution in [3.05, 3.63) is 23.8 Å². The smallest absolute Gasteiger partial charge is 0.235 e. The molecule has 0 saturated heterocycles. The number of amides is 1. The molecule has 0 spiro atoms. The van der Waals surface area contributed by atoms with Crippen LogP contribution in [0.4, 0.5) is 11.4 Å². The summed E-state index contributed by atoms with van der Waals surface area (Å²) in [6.45, 7) is 0.773. The summed E-state index contributed by atoms with van der Waals surface area (Å²) in [5, 5.41) is -0.273. The molecule has 2 saturated carbocycles. The van der Waals surface area contributed by atoms with E-state index in [9.17, 15) is 13.2 Å². The molecule has 2 fully saturated rings. The molecule has 25 heavy (non-hydrogen) atoms. The fourth-order valence-corrected chi connectivity index (χ4v) is 5.64. The molecular formula is C19H26N2O3S. The summed E-state index contributed by atoms with van der Waals surface area (Å²) in [5.74, 6) is 0.437.